The topological polar surface area (TPSA) is 26.3 Å². The molecule has 0 radical (unpaired) electrons. The molecule has 2 nitrogen and oxygen atoms in total. The minimum atomic E-state index is -1.95. The average molecular weight is 232 g/mol. The Kier molecular flexibility index (Phi) is 3.51. The van der Waals surface area contributed by atoms with Crippen molar-refractivity contribution in [2.75, 3.05) is 6.61 Å². The van der Waals surface area contributed by atoms with Crippen molar-refractivity contribution in [1.82, 2.24) is 0 Å². The minimum Gasteiger partial charge on any atom is -0.449 e. The van der Waals surface area contributed by atoms with Gasteiger partial charge in [-0.05, 0) is 0 Å². The van der Waals surface area contributed by atoms with Gasteiger partial charge in [0.25, 0.3) is 0 Å². The van der Waals surface area contributed by atoms with Crippen molar-refractivity contribution in [1.29, 1.82) is 0 Å². The highest BCUT2D eigenvalue weighted by molar-refractivity contribution is 5.90. The summed E-state index contributed by atoms with van der Waals surface area (Å²) in [5.74, 6) is -6.80. The van der Waals surface area contributed by atoms with E-state index >= 15 is 0 Å². The molecule has 0 unspecified atom stereocenters. The molecule has 1 aromatic carbocycles. The molecule has 0 aliphatic rings. The summed E-state index contributed by atoms with van der Waals surface area (Å²) in [6.07, 6.45) is 4.74. The number of hydrogen-bond donors (Lipinski definition) is 0. The van der Waals surface area contributed by atoms with Crippen LogP contribution in [0.1, 0.15) is 10.4 Å². The van der Waals surface area contributed by atoms with Gasteiger partial charge in [-0.1, -0.05) is 5.92 Å². The van der Waals surface area contributed by atoms with Gasteiger partial charge in [-0.25, -0.2) is 22.4 Å². The normalized spacial score (nSPS) is 9.69. The Balaban J connectivity index is 3.19. The lowest BCUT2D eigenvalue weighted by molar-refractivity contribution is 0.0544. The number of rotatable bonds is 2. The summed E-state index contributed by atoms with van der Waals surface area (Å²) in [6.45, 7) is -0.531. The van der Waals surface area contributed by atoms with Crippen molar-refractivity contribution < 1.29 is 27.1 Å². The molecule has 0 bridgehead atoms. The number of esters is 1. The van der Waals surface area contributed by atoms with E-state index in [0.717, 1.165) is 0 Å². The summed E-state index contributed by atoms with van der Waals surface area (Å²) in [5, 5.41) is 0. The van der Waals surface area contributed by atoms with Crippen LogP contribution in [0.3, 0.4) is 0 Å². The fourth-order valence-corrected chi connectivity index (χ4v) is 0.933. The van der Waals surface area contributed by atoms with E-state index in [1.54, 1.807) is 0 Å². The van der Waals surface area contributed by atoms with Crippen LogP contribution in [-0.4, -0.2) is 12.6 Å². The highest BCUT2D eigenvalue weighted by Gasteiger charge is 2.25. The highest BCUT2D eigenvalue weighted by Crippen LogP contribution is 2.19. The van der Waals surface area contributed by atoms with Crippen LogP contribution in [0.25, 0.3) is 0 Å². The number of terminal acetylenes is 1. The molecular weight excluding hydrogens is 228 g/mol. The summed E-state index contributed by atoms with van der Waals surface area (Å²) in [5.41, 5.74) is -1.31. The lowest BCUT2D eigenvalue weighted by Crippen LogP contribution is -2.13. The molecule has 0 amide bonds. The quantitative estimate of drug-likeness (QED) is 0.256. The third-order valence-electron chi connectivity index (χ3n) is 1.60. The first-order valence-corrected chi connectivity index (χ1v) is 3.92. The number of ether oxygens (including phenoxy) is 1. The molecule has 0 aliphatic heterocycles. The van der Waals surface area contributed by atoms with Crippen LogP contribution in [0.5, 0.6) is 0 Å². The summed E-state index contributed by atoms with van der Waals surface area (Å²) >= 11 is 0. The zero-order chi connectivity index (χ0) is 12.3. The number of carbonyl (C=O) groups excluding carboxylic acids is 1. The van der Waals surface area contributed by atoms with Crippen LogP contribution < -0.4 is 0 Å². The second-order valence-electron chi connectivity index (χ2n) is 2.62. The molecule has 84 valence electrons. The van der Waals surface area contributed by atoms with Gasteiger partial charge >= 0.3 is 5.97 Å². The van der Waals surface area contributed by atoms with Crippen LogP contribution in [0, 0.1) is 35.6 Å². The van der Waals surface area contributed by atoms with Gasteiger partial charge in [0.2, 0.25) is 0 Å². The molecule has 0 spiro atoms. The molecule has 0 saturated carbocycles. The molecule has 0 aliphatic carbocycles. The third-order valence-corrected chi connectivity index (χ3v) is 1.60. The first kappa shape index (κ1) is 12.0. The maximum absolute atomic E-state index is 13.0. The fraction of sp³-hybridized carbons (Fsp3) is 0.100. The van der Waals surface area contributed by atoms with Crippen molar-refractivity contribution in [3.05, 3.63) is 34.9 Å². The largest absolute Gasteiger partial charge is 0.449 e. The van der Waals surface area contributed by atoms with E-state index in [2.05, 4.69) is 4.74 Å². The summed E-state index contributed by atoms with van der Waals surface area (Å²) in [4.78, 5) is 11.0. The Morgan fingerprint density at radius 3 is 2.44 bits per heavy atom. The minimum absolute atomic E-state index is 0.0465. The number of benzene rings is 1. The number of halogens is 4. The fourth-order valence-electron chi connectivity index (χ4n) is 0.933. The van der Waals surface area contributed by atoms with Crippen LogP contribution >= 0.6 is 0 Å². The predicted molar refractivity (Wildman–Crippen MR) is 45.4 cm³/mol. The van der Waals surface area contributed by atoms with Gasteiger partial charge in [0, 0.05) is 6.07 Å². The Hall–Kier alpha value is -2.03. The zero-order valence-electron chi connectivity index (χ0n) is 7.69. The lowest BCUT2D eigenvalue weighted by Gasteiger charge is -2.05. The average Bonchev–Trinajstić information content (AvgIpc) is 2.23. The van der Waals surface area contributed by atoms with Gasteiger partial charge in [-0.15, -0.1) is 6.42 Å². The maximum atomic E-state index is 13.0. The second-order valence-corrected chi connectivity index (χ2v) is 2.62. The second kappa shape index (κ2) is 4.66. The van der Waals surface area contributed by atoms with E-state index in [1.807, 2.05) is 5.92 Å². The maximum Gasteiger partial charge on any atom is 0.345 e. The van der Waals surface area contributed by atoms with Crippen molar-refractivity contribution in [2.24, 2.45) is 0 Å². The predicted octanol–water partition coefficient (Wildman–Crippen LogP) is 2.03. The Labute approximate surface area is 87.8 Å². The van der Waals surface area contributed by atoms with Crippen LogP contribution in [0.4, 0.5) is 17.6 Å². The molecule has 0 aromatic heterocycles. The van der Waals surface area contributed by atoms with E-state index in [1.165, 1.54) is 0 Å². The van der Waals surface area contributed by atoms with Crippen LogP contribution in [0.15, 0.2) is 6.07 Å². The molecule has 16 heavy (non-hydrogen) atoms. The van der Waals surface area contributed by atoms with Gasteiger partial charge in [0.05, 0.1) is 0 Å². The first-order valence-electron chi connectivity index (χ1n) is 3.92. The molecule has 0 heterocycles. The van der Waals surface area contributed by atoms with Crippen molar-refractivity contribution in [2.45, 2.75) is 0 Å². The highest BCUT2D eigenvalue weighted by atomic mass is 19.2. The summed E-state index contributed by atoms with van der Waals surface area (Å²) < 4.78 is 55.3. The number of hydrogen-bond acceptors (Lipinski definition) is 2. The van der Waals surface area contributed by atoms with Crippen molar-refractivity contribution in [3.63, 3.8) is 0 Å². The molecule has 1 aromatic rings. The summed E-state index contributed by atoms with van der Waals surface area (Å²) in [6, 6.07) is 0.0465. The van der Waals surface area contributed by atoms with Crippen LogP contribution in [0.2, 0.25) is 0 Å². The molecule has 0 atom stereocenters. The third kappa shape index (κ3) is 2.14. The lowest BCUT2D eigenvalue weighted by atomic mass is 10.2. The van der Waals surface area contributed by atoms with Gasteiger partial charge in [0.1, 0.15) is 11.4 Å². The number of carbonyl (C=O) groups is 1. The van der Waals surface area contributed by atoms with Gasteiger partial charge < -0.3 is 4.74 Å². The summed E-state index contributed by atoms with van der Waals surface area (Å²) in [7, 11) is 0. The monoisotopic (exact) mass is 232 g/mol. The van der Waals surface area contributed by atoms with Gasteiger partial charge in [0.15, 0.2) is 24.1 Å². The Morgan fingerprint density at radius 1 is 1.25 bits per heavy atom. The van der Waals surface area contributed by atoms with Gasteiger partial charge in [-0.3, -0.25) is 0 Å². The molecular formula is C10H4F4O2. The van der Waals surface area contributed by atoms with Crippen molar-refractivity contribution in [3.8, 4) is 12.3 Å². The molecule has 0 fully saturated rings. The Morgan fingerprint density at radius 2 is 1.88 bits per heavy atom. The van der Waals surface area contributed by atoms with E-state index < -0.39 is 41.4 Å². The van der Waals surface area contributed by atoms with E-state index in [9.17, 15) is 22.4 Å². The van der Waals surface area contributed by atoms with E-state index in [0.29, 0.717) is 0 Å². The van der Waals surface area contributed by atoms with Gasteiger partial charge in [-0.2, -0.15) is 0 Å². The van der Waals surface area contributed by atoms with Crippen molar-refractivity contribution >= 4 is 5.97 Å². The molecule has 0 N–H and O–H groups in total. The smallest absolute Gasteiger partial charge is 0.345 e. The SMILES string of the molecule is C#CCOC(=O)c1c(F)cc(F)c(F)c1F. The van der Waals surface area contributed by atoms with Crippen LogP contribution in [-0.2, 0) is 4.74 Å². The molecule has 1 rings (SSSR count). The standard InChI is InChI=1S/C10H4F4O2/c1-2-3-16-10(15)7-5(11)4-6(12)8(13)9(7)14/h1,4H,3H2. The van der Waals surface area contributed by atoms with E-state index in [-0.39, 0.29) is 6.07 Å². The molecule has 0 saturated heterocycles. The zero-order valence-corrected chi connectivity index (χ0v) is 7.69. The Bertz CT molecular complexity index is 477. The molecule has 6 heteroatoms. The van der Waals surface area contributed by atoms with E-state index in [4.69, 9.17) is 6.42 Å². The first-order chi connectivity index (χ1) is 7.49.